The van der Waals surface area contributed by atoms with Gasteiger partial charge in [0.25, 0.3) is 0 Å². The fraction of sp³-hybridized carbons (Fsp3) is 0.917. The molecule has 15 heavy (non-hydrogen) atoms. The zero-order valence-electron chi connectivity index (χ0n) is 9.88. The molecule has 0 aromatic rings. The number of carbonyl (C=O) groups is 1. The van der Waals surface area contributed by atoms with Crippen LogP contribution >= 0.6 is 0 Å². The largest absolute Gasteiger partial charge is 0.460 e. The smallest absolute Gasteiger partial charge is 0.310 e. The summed E-state index contributed by atoms with van der Waals surface area (Å²) in [5.41, 5.74) is -0.336. The second kappa shape index (κ2) is 3.78. The lowest BCUT2D eigenvalue weighted by Crippen LogP contribution is -2.26. The zero-order chi connectivity index (χ0) is 11.1. The van der Waals surface area contributed by atoms with Gasteiger partial charge in [0, 0.05) is 0 Å². The highest BCUT2D eigenvalue weighted by Crippen LogP contribution is 2.52. The summed E-state index contributed by atoms with van der Waals surface area (Å²) < 4.78 is 5.44. The summed E-state index contributed by atoms with van der Waals surface area (Å²) in [5, 5.41) is 3.36. The van der Waals surface area contributed by atoms with Crippen LogP contribution in [0.4, 0.5) is 0 Å². The fourth-order valence-corrected chi connectivity index (χ4v) is 2.61. The molecule has 0 radical (unpaired) electrons. The topological polar surface area (TPSA) is 38.3 Å². The van der Waals surface area contributed by atoms with Crippen LogP contribution in [0.1, 0.15) is 33.6 Å². The summed E-state index contributed by atoms with van der Waals surface area (Å²) in [4.78, 5) is 11.9. The van der Waals surface area contributed by atoms with Crippen LogP contribution in [-0.2, 0) is 9.53 Å². The average Bonchev–Trinajstić information content (AvgIpc) is 2.72. The molecule has 0 aromatic heterocycles. The summed E-state index contributed by atoms with van der Waals surface area (Å²) in [6, 6.07) is 0. The third-order valence-corrected chi connectivity index (χ3v) is 3.32. The van der Waals surface area contributed by atoms with Crippen LogP contribution in [0, 0.1) is 17.8 Å². The van der Waals surface area contributed by atoms with Gasteiger partial charge >= 0.3 is 5.97 Å². The van der Waals surface area contributed by atoms with E-state index >= 15 is 0 Å². The maximum atomic E-state index is 11.9. The molecule has 1 N–H and O–H groups in total. The molecule has 1 saturated carbocycles. The molecular weight excluding hydrogens is 190 g/mol. The van der Waals surface area contributed by atoms with Gasteiger partial charge in [-0.2, -0.15) is 0 Å². The summed E-state index contributed by atoms with van der Waals surface area (Å²) in [7, 11) is 0. The molecule has 0 spiro atoms. The van der Waals surface area contributed by atoms with Crippen molar-refractivity contribution >= 4 is 5.97 Å². The van der Waals surface area contributed by atoms with Crippen LogP contribution in [0.5, 0.6) is 0 Å². The quantitative estimate of drug-likeness (QED) is 0.669. The van der Waals surface area contributed by atoms with Gasteiger partial charge in [0.2, 0.25) is 0 Å². The highest BCUT2D eigenvalue weighted by molar-refractivity contribution is 5.77. The average molecular weight is 211 g/mol. The van der Waals surface area contributed by atoms with E-state index in [-0.39, 0.29) is 17.5 Å². The Balaban J connectivity index is 1.89. The Bertz CT molecular complexity index is 245. The molecule has 1 heterocycles. The van der Waals surface area contributed by atoms with E-state index in [4.69, 9.17) is 4.74 Å². The Hall–Kier alpha value is -0.570. The highest BCUT2D eigenvalue weighted by atomic mass is 16.6. The summed E-state index contributed by atoms with van der Waals surface area (Å²) in [5.74, 6) is 1.41. The van der Waals surface area contributed by atoms with E-state index in [1.165, 1.54) is 0 Å². The molecule has 3 heteroatoms. The number of nitrogens with one attached hydrogen (secondary N) is 1. The minimum atomic E-state index is -0.336. The van der Waals surface area contributed by atoms with Crippen molar-refractivity contribution in [1.29, 1.82) is 0 Å². The summed E-state index contributed by atoms with van der Waals surface area (Å²) in [6.07, 6.45) is 2.27. The normalized spacial score (nSPS) is 35.3. The van der Waals surface area contributed by atoms with E-state index in [0.717, 1.165) is 25.9 Å². The lowest BCUT2D eigenvalue weighted by Gasteiger charge is -2.19. The van der Waals surface area contributed by atoms with Crippen LogP contribution < -0.4 is 5.32 Å². The molecule has 2 rings (SSSR count). The van der Waals surface area contributed by atoms with Crippen molar-refractivity contribution in [2.75, 3.05) is 13.1 Å². The Kier molecular flexibility index (Phi) is 2.75. The minimum absolute atomic E-state index is 0.0272. The van der Waals surface area contributed by atoms with Crippen molar-refractivity contribution in [3.05, 3.63) is 0 Å². The van der Waals surface area contributed by atoms with Crippen molar-refractivity contribution < 1.29 is 9.53 Å². The molecule has 1 unspecified atom stereocenters. The van der Waals surface area contributed by atoms with E-state index < -0.39 is 0 Å². The maximum absolute atomic E-state index is 11.9. The number of ether oxygens (including phenoxy) is 1. The van der Waals surface area contributed by atoms with E-state index in [1.807, 2.05) is 20.8 Å². The predicted octanol–water partition coefficient (Wildman–Crippen LogP) is 1.57. The van der Waals surface area contributed by atoms with E-state index in [1.54, 1.807) is 0 Å². The SMILES string of the molecule is CC(C)(C)OC(=O)C1[C@H]2CCNCC[C@@H]12. The summed E-state index contributed by atoms with van der Waals surface area (Å²) in [6.45, 7) is 7.92. The van der Waals surface area contributed by atoms with Crippen LogP contribution in [0.15, 0.2) is 0 Å². The van der Waals surface area contributed by atoms with Gasteiger partial charge in [0.1, 0.15) is 5.60 Å². The lowest BCUT2D eigenvalue weighted by molar-refractivity contribution is -0.157. The van der Waals surface area contributed by atoms with Gasteiger partial charge < -0.3 is 10.1 Å². The van der Waals surface area contributed by atoms with Crippen molar-refractivity contribution in [2.45, 2.75) is 39.2 Å². The number of hydrogen-bond acceptors (Lipinski definition) is 3. The van der Waals surface area contributed by atoms with Gasteiger partial charge in [0.15, 0.2) is 0 Å². The lowest BCUT2D eigenvalue weighted by atomic mass is 10.2. The molecule has 2 aliphatic rings. The molecule has 2 fully saturated rings. The number of rotatable bonds is 1. The first-order valence-electron chi connectivity index (χ1n) is 5.92. The van der Waals surface area contributed by atoms with Crippen molar-refractivity contribution in [1.82, 2.24) is 5.32 Å². The van der Waals surface area contributed by atoms with Crippen molar-refractivity contribution in [2.24, 2.45) is 17.8 Å². The first-order valence-corrected chi connectivity index (χ1v) is 5.92. The Morgan fingerprint density at radius 1 is 1.20 bits per heavy atom. The Labute approximate surface area is 91.6 Å². The van der Waals surface area contributed by atoms with Crippen molar-refractivity contribution in [3.63, 3.8) is 0 Å². The van der Waals surface area contributed by atoms with Gasteiger partial charge in [0.05, 0.1) is 5.92 Å². The number of hydrogen-bond donors (Lipinski definition) is 1. The van der Waals surface area contributed by atoms with E-state index in [9.17, 15) is 4.79 Å². The van der Waals surface area contributed by atoms with Crippen LogP contribution in [0.3, 0.4) is 0 Å². The standard InChI is InChI=1S/C12H21NO2/c1-12(2,3)15-11(14)10-8-4-6-13-7-5-9(8)10/h8-10,13H,4-7H2,1-3H3/t8-,9+,10?. The molecule has 1 saturated heterocycles. The van der Waals surface area contributed by atoms with Crippen LogP contribution in [0.25, 0.3) is 0 Å². The predicted molar refractivity (Wildman–Crippen MR) is 58.4 cm³/mol. The molecule has 86 valence electrons. The maximum Gasteiger partial charge on any atom is 0.310 e. The molecule has 1 aliphatic carbocycles. The number of esters is 1. The van der Waals surface area contributed by atoms with E-state index in [2.05, 4.69) is 5.32 Å². The molecule has 0 bridgehead atoms. The number of fused-ring (bicyclic) bond motifs is 1. The van der Waals surface area contributed by atoms with E-state index in [0.29, 0.717) is 11.8 Å². The Morgan fingerprint density at radius 3 is 2.20 bits per heavy atom. The third kappa shape index (κ3) is 2.51. The molecule has 3 nitrogen and oxygen atoms in total. The molecule has 0 amide bonds. The third-order valence-electron chi connectivity index (χ3n) is 3.32. The second-order valence-corrected chi connectivity index (χ2v) is 5.71. The van der Waals surface area contributed by atoms with Crippen molar-refractivity contribution in [3.8, 4) is 0 Å². The molecule has 1 aliphatic heterocycles. The van der Waals surface area contributed by atoms with Gasteiger partial charge in [-0.15, -0.1) is 0 Å². The monoisotopic (exact) mass is 211 g/mol. The zero-order valence-corrected chi connectivity index (χ0v) is 9.88. The molecular formula is C12H21NO2. The highest BCUT2D eigenvalue weighted by Gasteiger charge is 2.55. The van der Waals surface area contributed by atoms with Gasteiger partial charge in [-0.3, -0.25) is 4.79 Å². The Morgan fingerprint density at radius 2 is 1.73 bits per heavy atom. The van der Waals surface area contributed by atoms with Gasteiger partial charge in [-0.1, -0.05) is 0 Å². The molecule has 3 atom stereocenters. The first kappa shape index (κ1) is 10.9. The van der Waals surface area contributed by atoms with Gasteiger partial charge in [-0.25, -0.2) is 0 Å². The number of carbonyl (C=O) groups excluding carboxylic acids is 1. The first-order chi connectivity index (χ1) is 6.99. The minimum Gasteiger partial charge on any atom is -0.460 e. The fourth-order valence-electron chi connectivity index (χ4n) is 2.61. The second-order valence-electron chi connectivity index (χ2n) is 5.71. The van der Waals surface area contributed by atoms with Crippen LogP contribution in [-0.4, -0.2) is 24.7 Å². The molecule has 0 aromatic carbocycles. The summed E-state index contributed by atoms with van der Waals surface area (Å²) >= 11 is 0. The van der Waals surface area contributed by atoms with Gasteiger partial charge in [-0.05, 0) is 58.5 Å². The van der Waals surface area contributed by atoms with Crippen LogP contribution in [0.2, 0.25) is 0 Å².